The van der Waals surface area contributed by atoms with E-state index in [4.69, 9.17) is 0 Å². The number of alkyl halides is 1. The summed E-state index contributed by atoms with van der Waals surface area (Å²) in [6, 6.07) is 0.168. The molecule has 1 aliphatic rings. The van der Waals surface area contributed by atoms with Crippen molar-refractivity contribution in [2.45, 2.75) is 58.9 Å². The molecule has 2 heterocycles. The second kappa shape index (κ2) is 7.17. The summed E-state index contributed by atoms with van der Waals surface area (Å²) in [5.74, 6) is 0.269. The van der Waals surface area contributed by atoms with E-state index in [1.807, 2.05) is 13.8 Å². The molecule has 0 radical (unpaired) electrons. The van der Waals surface area contributed by atoms with Crippen LogP contribution in [0.4, 0.5) is 4.39 Å². The van der Waals surface area contributed by atoms with Crippen LogP contribution < -0.4 is 5.32 Å². The lowest BCUT2D eigenvalue weighted by Gasteiger charge is -2.25. The average Bonchev–Trinajstić information content (AvgIpc) is 2.96. The first-order valence-electron chi connectivity index (χ1n) is 7.94. The van der Waals surface area contributed by atoms with Gasteiger partial charge in [0.15, 0.2) is 5.69 Å². The molecule has 1 aliphatic heterocycles. The number of nitrogens with one attached hydrogen (secondary N) is 1. The number of likely N-dealkylation sites (tertiary alicyclic amines) is 1. The molecule has 0 saturated carbocycles. The summed E-state index contributed by atoms with van der Waals surface area (Å²) in [5.41, 5.74) is 0.305. The lowest BCUT2D eigenvalue weighted by molar-refractivity contribution is 0.0938. The van der Waals surface area contributed by atoms with Crippen molar-refractivity contribution in [2.75, 3.05) is 13.1 Å². The van der Waals surface area contributed by atoms with E-state index in [1.54, 1.807) is 10.9 Å². The van der Waals surface area contributed by atoms with E-state index in [9.17, 15) is 9.18 Å². The van der Waals surface area contributed by atoms with Gasteiger partial charge in [0.1, 0.15) is 6.17 Å². The van der Waals surface area contributed by atoms with Crippen LogP contribution in [0.25, 0.3) is 0 Å². The number of carbonyl (C=O) groups is 1. The van der Waals surface area contributed by atoms with E-state index in [0.29, 0.717) is 31.1 Å². The van der Waals surface area contributed by atoms with Gasteiger partial charge in [0.05, 0.1) is 12.7 Å². The Morgan fingerprint density at radius 3 is 2.82 bits per heavy atom. The quantitative estimate of drug-likeness (QED) is 0.864. The van der Waals surface area contributed by atoms with Gasteiger partial charge in [-0.25, -0.2) is 4.39 Å². The standard InChI is InChI=1S/C15H26FN5O/c1-10(2)6-20-7-12(16)5-13(20)8-21-9-14(18-19-21)15(22)17-11(3)4/h9-13H,5-8H2,1-4H3,(H,17,22)/t12-,13-/m0/s1. The van der Waals surface area contributed by atoms with Crippen LogP contribution in [0.2, 0.25) is 0 Å². The molecule has 0 unspecified atom stereocenters. The largest absolute Gasteiger partial charge is 0.348 e. The van der Waals surface area contributed by atoms with Gasteiger partial charge in [0.25, 0.3) is 5.91 Å². The number of carbonyl (C=O) groups excluding carboxylic acids is 1. The molecule has 0 spiro atoms. The fourth-order valence-electron chi connectivity index (χ4n) is 2.85. The number of hydrogen-bond acceptors (Lipinski definition) is 4. The summed E-state index contributed by atoms with van der Waals surface area (Å²) < 4.78 is 15.3. The highest BCUT2D eigenvalue weighted by Gasteiger charge is 2.32. The van der Waals surface area contributed by atoms with Crippen molar-refractivity contribution >= 4 is 5.91 Å². The predicted octanol–water partition coefficient (Wildman–Crippen LogP) is 1.48. The fourth-order valence-corrected chi connectivity index (χ4v) is 2.85. The highest BCUT2D eigenvalue weighted by molar-refractivity contribution is 5.91. The molecule has 1 amide bonds. The van der Waals surface area contributed by atoms with Crippen LogP contribution in [0.3, 0.4) is 0 Å². The van der Waals surface area contributed by atoms with Gasteiger partial charge in [0, 0.05) is 25.2 Å². The molecule has 6 nitrogen and oxygen atoms in total. The molecule has 124 valence electrons. The van der Waals surface area contributed by atoms with Crippen LogP contribution in [0.5, 0.6) is 0 Å². The number of rotatable bonds is 6. The average molecular weight is 311 g/mol. The number of halogens is 1. The Hall–Kier alpha value is -1.50. The molecule has 1 saturated heterocycles. The molecular weight excluding hydrogens is 285 g/mol. The monoisotopic (exact) mass is 311 g/mol. The lowest BCUT2D eigenvalue weighted by atomic mass is 10.1. The minimum absolute atomic E-state index is 0.0568. The highest BCUT2D eigenvalue weighted by Crippen LogP contribution is 2.22. The first-order valence-corrected chi connectivity index (χ1v) is 7.94. The van der Waals surface area contributed by atoms with E-state index < -0.39 is 6.17 Å². The summed E-state index contributed by atoms with van der Waals surface area (Å²) >= 11 is 0. The maximum absolute atomic E-state index is 13.7. The maximum atomic E-state index is 13.7. The Morgan fingerprint density at radius 1 is 1.45 bits per heavy atom. The molecule has 1 fully saturated rings. The summed E-state index contributed by atoms with van der Waals surface area (Å²) in [6.07, 6.45) is 1.37. The van der Waals surface area contributed by atoms with Crippen molar-refractivity contribution in [2.24, 2.45) is 5.92 Å². The van der Waals surface area contributed by atoms with Crippen molar-refractivity contribution in [1.82, 2.24) is 25.2 Å². The van der Waals surface area contributed by atoms with Crippen molar-refractivity contribution in [3.05, 3.63) is 11.9 Å². The lowest BCUT2D eigenvalue weighted by Crippen LogP contribution is -2.36. The molecule has 0 bridgehead atoms. The highest BCUT2D eigenvalue weighted by atomic mass is 19.1. The first-order chi connectivity index (χ1) is 10.3. The first kappa shape index (κ1) is 16.9. The molecule has 1 N–H and O–H groups in total. The summed E-state index contributed by atoms with van der Waals surface area (Å²) in [5, 5.41) is 10.7. The third-order valence-corrected chi connectivity index (χ3v) is 3.67. The molecule has 1 aromatic heterocycles. The zero-order valence-electron chi connectivity index (χ0n) is 13.8. The Labute approximate surface area is 131 Å². The molecule has 0 aromatic carbocycles. The van der Waals surface area contributed by atoms with Crippen LogP contribution in [-0.2, 0) is 6.54 Å². The van der Waals surface area contributed by atoms with Gasteiger partial charge in [-0.1, -0.05) is 19.1 Å². The molecule has 7 heteroatoms. The number of amides is 1. The Morgan fingerprint density at radius 2 is 2.18 bits per heavy atom. The molecule has 0 aliphatic carbocycles. The van der Waals surface area contributed by atoms with E-state index in [1.165, 1.54) is 0 Å². The number of nitrogens with zero attached hydrogens (tertiary/aromatic N) is 4. The van der Waals surface area contributed by atoms with E-state index in [-0.39, 0.29) is 18.0 Å². The summed E-state index contributed by atoms with van der Waals surface area (Å²) in [4.78, 5) is 14.0. The third kappa shape index (κ3) is 4.50. The molecular formula is C15H26FN5O. The minimum Gasteiger partial charge on any atom is -0.348 e. The van der Waals surface area contributed by atoms with Crippen LogP contribution in [0.15, 0.2) is 6.20 Å². The second-order valence-electron chi connectivity index (χ2n) is 6.79. The SMILES string of the molecule is CC(C)CN1C[C@@H](F)C[C@H]1Cn1cc(C(=O)NC(C)C)nn1. The number of hydrogen-bond donors (Lipinski definition) is 1. The van der Waals surface area contributed by atoms with Gasteiger partial charge in [-0.2, -0.15) is 0 Å². The number of aromatic nitrogens is 3. The van der Waals surface area contributed by atoms with Gasteiger partial charge in [0.2, 0.25) is 0 Å². The second-order valence-corrected chi connectivity index (χ2v) is 6.79. The molecule has 22 heavy (non-hydrogen) atoms. The Bertz CT molecular complexity index is 502. The zero-order valence-corrected chi connectivity index (χ0v) is 13.8. The topological polar surface area (TPSA) is 63.1 Å². The molecule has 2 atom stereocenters. The van der Waals surface area contributed by atoms with E-state index in [0.717, 1.165) is 6.54 Å². The van der Waals surface area contributed by atoms with Gasteiger partial charge >= 0.3 is 0 Å². The fraction of sp³-hybridized carbons (Fsp3) is 0.800. The predicted molar refractivity (Wildman–Crippen MR) is 82.3 cm³/mol. The van der Waals surface area contributed by atoms with Gasteiger partial charge < -0.3 is 5.32 Å². The van der Waals surface area contributed by atoms with Crippen LogP contribution in [0.1, 0.15) is 44.6 Å². The minimum atomic E-state index is -0.781. The van der Waals surface area contributed by atoms with Gasteiger partial charge in [-0.3, -0.25) is 14.4 Å². The molecule has 2 rings (SSSR count). The maximum Gasteiger partial charge on any atom is 0.273 e. The summed E-state index contributed by atoms with van der Waals surface area (Å²) in [7, 11) is 0. The van der Waals surface area contributed by atoms with Crippen molar-refractivity contribution in [3.8, 4) is 0 Å². The van der Waals surface area contributed by atoms with Crippen LogP contribution >= 0.6 is 0 Å². The normalized spacial score (nSPS) is 22.7. The van der Waals surface area contributed by atoms with Crippen molar-refractivity contribution < 1.29 is 9.18 Å². The Balaban J connectivity index is 1.98. The van der Waals surface area contributed by atoms with E-state index >= 15 is 0 Å². The van der Waals surface area contributed by atoms with Crippen molar-refractivity contribution in [3.63, 3.8) is 0 Å². The van der Waals surface area contributed by atoms with E-state index in [2.05, 4.69) is 34.4 Å². The summed E-state index contributed by atoms with van der Waals surface area (Å²) in [6.45, 7) is 9.98. The smallest absolute Gasteiger partial charge is 0.273 e. The van der Waals surface area contributed by atoms with Gasteiger partial charge in [-0.05, 0) is 26.2 Å². The molecule has 1 aromatic rings. The van der Waals surface area contributed by atoms with Gasteiger partial charge in [-0.15, -0.1) is 5.10 Å². The van der Waals surface area contributed by atoms with Crippen molar-refractivity contribution in [1.29, 1.82) is 0 Å². The van der Waals surface area contributed by atoms with Crippen LogP contribution in [0, 0.1) is 5.92 Å². The third-order valence-electron chi connectivity index (χ3n) is 3.67. The zero-order chi connectivity index (χ0) is 16.3. The Kier molecular flexibility index (Phi) is 5.50. The van der Waals surface area contributed by atoms with Crippen LogP contribution in [-0.4, -0.2) is 57.1 Å².